The van der Waals surface area contributed by atoms with Gasteiger partial charge in [-0.15, -0.1) is 0 Å². The van der Waals surface area contributed by atoms with E-state index in [1.807, 2.05) is 30.6 Å². The number of hydrogen-bond acceptors (Lipinski definition) is 7. The predicted octanol–water partition coefficient (Wildman–Crippen LogP) is 6.03. The summed E-state index contributed by atoms with van der Waals surface area (Å²) in [5.41, 5.74) is 3.13. The molecule has 5 aromatic rings. The summed E-state index contributed by atoms with van der Waals surface area (Å²) in [6.07, 6.45) is 7.65. The SMILES string of the molecule is Fc1cccc(Nc2ncc(-c3ccc(Oc4ncnc5c4ncn5CC4CC4)cc3)s2)c1. The number of ether oxygens (including phenoxy) is 1. The normalized spacial score (nSPS) is 13.4. The maximum absolute atomic E-state index is 13.4. The molecule has 3 heterocycles. The molecule has 7 nitrogen and oxygen atoms in total. The molecule has 0 radical (unpaired) electrons. The third kappa shape index (κ3) is 4.27. The highest BCUT2D eigenvalue weighted by Crippen LogP contribution is 2.34. The molecule has 0 amide bonds. The standard InChI is InChI=1S/C24H19FN6OS/c25-17-2-1-3-18(10-17)30-24-26-11-20(33-24)16-6-8-19(9-7-16)32-23-21-22(27-13-28-23)31(14-29-21)12-15-4-5-15/h1-3,6-11,13-15H,4-5,12H2,(H,26,30). The van der Waals surface area contributed by atoms with Gasteiger partial charge in [-0.25, -0.2) is 19.3 Å². The first-order valence-corrected chi connectivity index (χ1v) is 11.5. The summed E-state index contributed by atoms with van der Waals surface area (Å²) in [5, 5.41) is 3.83. The van der Waals surface area contributed by atoms with Crippen molar-refractivity contribution in [2.45, 2.75) is 19.4 Å². The largest absolute Gasteiger partial charge is 0.437 e. The fourth-order valence-electron chi connectivity index (χ4n) is 3.60. The van der Waals surface area contributed by atoms with E-state index in [2.05, 4.69) is 29.8 Å². The molecule has 33 heavy (non-hydrogen) atoms. The molecular formula is C24H19FN6OS. The summed E-state index contributed by atoms with van der Waals surface area (Å²) in [6.45, 7) is 0.937. The van der Waals surface area contributed by atoms with E-state index < -0.39 is 0 Å². The molecule has 0 saturated heterocycles. The van der Waals surface area contributed by atoms with E-state index in [-0.39, 0.29) is 5.82 Å². The van der Waals surface area contributed by atoms with Crippen molar-refractivity contribution in [3.05, 3.63) is 73.2 Å². The lowest BCUT2D eigenvalue weighted by molar-refractivity contribution is 0.467. The lowest BCUT2D eigenvalue weighted by Crippen LogP contribution is -1.99. The van der Waals surface area contributed by atoms with Gasteiger partial charge < -0.3 is 14.6 Å². The molecule has 1 saturated carbocycles. The predicted molar refractivity (Wildman–Crippen MR) is 125 cm³/mol. The molecule has 2 aromatic carbocycles. The average Bonchev–Trinajstić information content (AvgIpc) is 3.36. The number of fused-ring (bicyclic) bond motifs is 1. The van der Waals surface area contributed by atoms with Crippen LogP contribution in [0.15, 0.2) is 67.4 Å². The van der Waals surface area contributed by atoms with Crippen molar-refractivity contribution < 1.29 is 9.13 Å². The van der Waals surface area contributed by atoms with Gasteiger partial charge in [0.05, 0.1) is 11.2 Å². The molecule has 9 heteroatoms. The van der Waals surface area contributed by atoms with Crippen LogP contribution in [0.4, 0.5) is 15.2 Å². The number of imidazole rings is 1. The minimum absolute atomic E-state index is 0.289. The fourth-order valence-corrected chi connectivity index (χ4v) is 4.44. The van der Waals surface area contributed by atoms with Gasteiger partial charge in [-0.05, 0) is 66.8 Å². The summed E-state index contributed by atoms with van der Waals surface area (Å²) >= 11 is 1.49. The quantitative estimate of drug-likeness (QED) is 0.321. The van der Waals surface area contributed by atoms with Crippen molar-refractivity contribution in [3.63, 3.8) is 0 Å². The second-order valence-electron chi connectivity index (χ2n) is 7.98. The maximum atomic E-state index is 13.4. The fraction of sp³-hybridized carbons (Fsp3) is 0.167. The first-order chi connectivity index (χ1) is 16.2. The first kappa shape index (κ1) is 19.8. The van der Waals surface area contributed by atoms with Crippen molar-refractivity contribution in [2.75, 3.05) is 5.32 Å². The smallest absolute Gasteiger partial charge is 0.250 e. The van der Waals surface area contributed by atoms with E-state index in [1.165, 1.54) is 42.6 Å². The van der Waals surface area contributed by atoms with Gasteiger partial charge >= 0.3 is 0 Å². The number of thiazole rings is 1. The van der Waals surface area contributed by atoms with Gasteiger partial charge in [0.1, 0.15) is 17.9 Å². The van der Waals surface area contributed by atoms with Gasteiger partial charge in [-0.3, -0.25) is 0 Å². The lowest BCUT2D eigenvalue weighted by atomic mass is 10.2. The second kappa shape index (κ2) is 8.25. The molecule has 164 valence electrons. The highest BCUT2D eigenvalue weighted by molar-refractivity contribution is 7.18. The van der Waals surface area contributed by atoms with Gasteiger partial charge in [0.15, 0.2) is 16.3 Å². The number of halogens is 1. The molecule has 0 atom stereocenters. The molecule has 1 N–H and O–H groups in total. The monoisotopic (exact) mass is 458 g/mol. The van der Waals surface area contributed by atoms with Gasteiger partial charge in [0, 0.05) is 18.4 Å². The molecule has 1 aliphatic rings. The Bertz CT molecular complexity index is 1430. The van der Waals surface area contributed by atoms with E-state index in [9.17, 15) is 4.39 Å². The summed E-state index contributed by atoms with van der Waals surface area (Å²) in [7, 11) is 0. The Morgan fingerprint density at radius 1 is 1.06 bits per heavy atom. The Morgan fingerprint density at radius 3 is 2.76 bits per heavy atom. The maximum Gasteiger partial charge on any atom is 0.250 e. The van der Waals surface area contributed by atoms with E-state index in [0.29, 0.717) is 28.0 Å². The van der Waals surface area contributed by atoms with Gasteiger partial charge in [0.25, 0.3) is 5.88 Å². The Labute approximate surface area is 193 Å². The Morgan fingerprint density at radius 2 is 1.94 bits per heavy atom. The Kier molecular flexibility index (Phi) is 4.95. The van der Waals surface area contributed by atoms with Gasteiger partial charge in [-0.2, -0.15) is 4.98 Å². The van der Waals surface area contributed by atoms with Crippen molar-refractivity contribution in [1.29, 1.82) is 0 Å². The molecule has 0 aliphatic heterocycles. The van der Waals surface area contributed by atoms with E-state index >= 15 is 0 Å². The van der Waals surface area contributed by atoms with Crippen LogP contribution in [-0.2, 0) is 6.54 Å². The highest BCUT2D eigenvalue weighted by atomic mass is 32.1. The van der Waals surface area contributed by atoms with Crippen molar-refractivity contribution >= 4 is 33.3 Å². The minimum atomic E-state index is -0.289. The number of rotatable bonds is 7. The van der Waals surface area contributed by atoms with E-state index in [0.717, 1.165) is 28.6 Å². The summed E-state index contributed by atoms with van der Waals surface area (Å²) in [5.74, 6) is 1.55. The molecule has 1 fully saturated rings. The number of hydrogen-bond donors (Lipinski definition) is 1. The van der Waals surface area contributed by atoms with Crippen LogP contribution < -0.4 is 10.1 Å². The van der Waals surface area contributed by atoms with E-state index in [1.54, 1.807) is 18.3 Å². The van der Waals surface area contributed by atoms with Gasteiger partial charge in [0.2, 0.25) is 0 Å². The zero-order valence-corrected chi connectivity index (χ0v) is 18.3. The highest BCUT2D eigenvalue weighted by Gasteiger charge is 2.23. The summed E-state index contributed by atoms with van der Waals surface area (Å²) < 4.78 is 21.5. The summed E-state index contributed by atoms with van der Waals surface area (Å²) in [6, 6.07) is 14.0. The van der Waals surface area contributed by atoms with Crippen LogP contribution in [0.1, 0.15) is 12.8 Å². The molecule has 0 spiro atoms. The molecule has 3 aromatic heterocycles. The topological polar surface area (TPSA) is 77.8 Å². The number of aromatic nitrogens is 5. The Hall–Kier alpha value is -3.85. The second-order valence-corrected chi connectivity index (χ2v) is 9.01. The van der Waals surface area contributed by atoms with Crippen LogP contribution in [0.2, 0.25) is 0 Å². The third-order valence-electron chi connectivity index (χ3n) is 5.45. The zero-order valence-electron chi connectivity index (χ0n) is 17.5. The molecular weight excluding hydrogens is 439 g/mol. The van der Waals surface area contributed by atoms with Crippen LogP contribution in [0.5, 0.6) is 11.6 Å². The molecule has 1 aliphatic carbocycles. The van der Waals surface area contributed by atoms with E-state index in [4.69, 9.17) is 4.74 Å². The van der Waals surface area contributed by atoms with Gasteiger partial charge in [-0.1, -0.05) is 17.4 Å². The van der Waals surface area contributed by atoms with Crippen LogP contribution >= 0.6 is 11.3 Å². The zero-order chi connectivity index (χ0) is 22.2. The van der Waals surface area contributed by atoms with Crippen LogP contribution in [0, 0.1) is 11.7 Å². The number of nitrogens with one attached hydrogen (secondary N) is 1. The van der Waals surface area contributed by atoms with Crippen LogP contribution in [-0.4, -0.2) is 24.5 Å². The van der Waals surface area contributed by atoms with Crippen LogP contribution in [0.25, 0.3) is 21.6 Å². The van der Waals surface area contributed by atoms with Crippen LogP contribution in [0.3, 0.4) is 0 Å². The van der Waals surface area contributed by atoms with Crippen molar-refractivity contribution in [2.24, 2.45) is 5.92 Å². The molecule has 0 unspecified atom stereocenters. The molecule has 0 bridgehead atoms. The van der Waals surface area contributed by atoms with Crippen molar-refractivity contribution in [3.8, 4) is 22.1 Å². The number of benzene rings is 2. The average molecular weight is 459 g/mol. The lowest BCUT2D eigenvalue weighted by Gasteiger charge is -2.06. The minimum Gasteiger partial charge on any atom is -0.437 e. The Balaban J connectivity index is 1.18. The van der Waals surface area contributed by atoms with Crippen molar-refractivity contribution in [1.82, 2.24) is 24.5 Å². The number of nitrogens with zero attached hydrogens (tertiary/aromatic N) is 5. The number of anilines is 2. The molecule has 6 rings (SSSR count). The first-order valence-electron chi connectivity index (χ1n) is 10.6. The summed E-state index contributed by atoms with van der Waals surface area (Å²) in [4.78, 5) is 18.5. The third-order valence-corrected chi connectivity index (χ3v) is 6.42.